The first kappa shape index (κ1) is 28.4. The maximum atomic E-state index is 14.5. The van der Waals surface area contributed by atoms with Crippen molar-refractivity contribution in [2.45, 2.75) is 56.2 Å². The van der Waals surface area contributed by atoms with Crippen molar-refractivity contribution in [3.63, 3.8) is 0 Å². The summed E-state index contributed by atoms with van der Waals surface area (Å²) in [6.07, 6.45) is 4.16. The van der Waals surface area contributed by atoms with Crippen LogP contribution in [0.3, 0.4) is 0 Å². The fourth-order valence-corrected chi connectivity index (χ4v) is 6.94. The number of fused-ring (bicyclic) bond motifs is 1. The Morgan fingerprint density at radius 3 is 2.62 bits per heavy atom. The van der Waals surface area contributed by atoms with Crippen LogP contribution in [0.1, 0.15) is 53.9 Å². The molecular formula is C28H39N7O5. The van der Waals surface area contributed by atoms with Crippen LogP contribution in [0.5, 0.6) is 0 Å². The molecule has 3 heterocycles. The van der Waals surface area contributed by atoms with E-state index in [0.29, 0.717) is 17.7 Å². The number of amides is 2. The normalized spacial score (nSPS) is 26.4. The van der Waals surface area contributed by atoms with Crippen LogP contribution in [0, 0.1) is 5.92 Å². The van der Waals surface area contributed by atoms with Gasteiger partial charge in [0, 0.05) is 62.5 Å². The van der Waals surface area contributed by atoms with E-state index >= 15 is 0 Å². The molecule has 12 heteroatoms. The van der Waals surface area contributed by atoms with Crippen LogP contribution in [0.25, 0.3) is 10.4 Å². The number of nitrogens with zero attached hydrogens (tertiary/aromatic N) is 6. The third-order valence-corrected chi connectivity index (χ3v) is 9.01. The van der Waals surface area contributed by atoms with Crippen LogP contribution in [0.2, 0.25) is 0 Å². The molecule has 1 aliphatic carbocycles. The summed E-state index contributed by atoms with van der Waals surface area (Å²) in [7, 11) is 1.71. The first-order chi connectivity index (χ1) is 19.4. The predicted octanol–water partition coefficient (Wildman–Crippen LogP) is 2.08. The van der Waals surface area contributed by atoms with Crippen molar-refractivity contribution in [3.05, 3.63) is 39.8 Å². The van der Waals surface area contributed by atoms with Gasteiger partial charge in [-0.15, -0.1) is 0 Å². The molecule has 1 aromatic rings. The predicted molar refractivity (Wildman–Crippen MR) is 148 cm³/mol. The van der Waals surface area contributed by atoms with Crippen molar-refractivity contribution in [3.8, 4) is 0 Å². The van der Waals surface area contributed by atoms with Gasteiger partial charge in [0.2, 0.25) is 11.8 Å². The van der Waals surface area contributed by atoms with Crippen LogP contribution in [0.15, 0.2) is 23.3 Å². The third-order valence-electron chi connectivity index (χ3n) is 9.01. The van der Waals surface area contributed by atoms with Gasteiger partial charge in [-0.05, 0) is 48.1 Å². The second-order valence-corrected chi connectivity index (χ2v) is 11.3. The molecule has 0 bridgehead atoms. The molecule has 216 valence electrons. The van der Waals surface area contributed by atoms with Crippen molar-refractivity contribution < 1.29 is 23.9 Å². The Bertz CT molecular complexity index is 1160. The van der Waals surface area contributed by atoms with Crippen molar-refractivity contribution >= 4 is 23.3 Å². The number of hydrogen-bond donors (Lipinski definition) is 1. The molecule has 4 fully saturated rings. The molecule has 2 amide bonds. The molecule has 0 radical (unpaired) electrons. The number of methoxy groups -OCH3 is 1. The lowest BCUT2D eigenvalue weighted by Gasteiger charge is -2.37. The zero-order valence-corrected chi connectivity index (χ0v) is 23.1. The fraction of sp³-hybridized carbons (Fsp3) is 0.679. The molecule has 0 aromatic heterocycles. The number of anilines is 1. The number of piperazine rings is 1. The minimum Gasteiger partial charge on any atom is -0.383 e. The quantitative estimate of drug-likeness (QED) is 0.279. The van der Waals surface area contributed by atoms with Crippen LogP contribution >= 0.6 is 0 Å². The summed E-state index contributed by atoms with van der Waals surface area (Å²) in [5, 5.41) is 3.84. The zero-order chi connectivity index (χ0) is 28.2. The van der Waals surface area contributed by atoms with Gasteiger partial charge < -0.3 is 25.0 Å². The molecule has 0 spiro atoms. The van der Waals surface area contributed by atoms with Gasteiger partial charge >= 0.3 is 0 Å². The lowest BCUT2D eigenvalue weighted by Crippen LogP contribution is -2.47. The molecular weight excluding hydrogens is 514 g/mol. The van der Waals surface area contributed by atoms with Gasteiger partial charge in [-0.3, -0.25) is 19.3 Å². The molecule has 0 unspecified atom stereocenters. The number of nitrogens with two attached hydrogens (primary N) is 1. The minimum atomic E-state index is -0.783. The Balaban J connectivity index is 1.49. The van der Waals surface area contributed by atoms with Crippen molar-refractivity contribution in [1.29, 1.82) is 0 Å². The molecule has 40 heavy (non-hydrogen) atoms. The summed E-state index contributed by atoms with van der Waals surface area (Å²) in [5.74, 6) is -1.61. The van der Waals surface area contributed by atoms with E-state index in [9.17, 15) is 14.4 Å². The van der Waals surface area contributed by atoms with Gasteiger partial charge in [0.05, 0.1) is 24.7 Å². The van der Waals surface area contributed by atoms with E-state index in [4.69, 9.17) is 20.7 Å². The number of carbonyl (C=O) groups excluding carboxylic acids is 3. The highest BCUT2D eigenvalue weighted by Crippen LogP contribution is 2.42. The minimum absolute atomic E-state index is 0.00915. The summed E-state index contributed by atoms with van der Waals surface area (Å²) in [6, 6.07) is 4.21. The molecule has 1 aromatic carbocycles. The number of ketones is 1. The summed E-state index contributed by atoms with van der Waals surface area (Å²) >= 11 is 0. The summed E-state index contributed by atoms with van der Waals surface area (Å²) in [5.41, 5.74) is 16.9. The van der Waals surface area contributed by atoms with Crippen molar-refractivity contribution in [1.82, 2.24) is 9.80 Å². The Morgan fingerprint density at radius 1 is 1.20 bits per heavy atom. The SMILES string of the molecule is COCCN1CCN(c2ccc(C(N)=O)c([C@@H](C(=O)N3C[C@@H](N=[N+]=[N-])[C@H]4OCC(=O)[C@H]43)C3CCCCC3)c2)CC1. The lowest BCUT2D eigenvalue weighted by atomic mass is 9.74. The van der Waals surface area contributed by atoms with Crippen molar-refractivity contribution in [2.75, 3.05) is 64.5 Å². The first-order valence-corrected chi connectivity index (χ1v) is 14.3. The van der Waals surface area contributed by atoms with Crippen LogP contribution < -0.4 is 10.6 Å². The average Bonchev–Trinajstić information content (AvgIpc) is 3.53. The van der Waals surface area contributed by atoms with Crippen LogP contribution in [-0.2, 0) is 19.1 Å². The zero-order valence-electron chi connectivity index (χ0n) is 23.1. The van der Waals surface area contributed by atoms with Crippen LogP contribution in [-0.4, -0.2) is 105 Å². The van der Waals surface area contributed by atoms with Crippen molar-refractivity contribution in [2.24, 2.45) is 16.8 Å². The smallest absolute Gasteiger partial charge is 0.249 e. The van der Waals surface area contributed by atoms with E-state index in [1.165, 1.54) is 0 Å². The molecule has 1 saturated carbocycles. The van der Waals surface area contributed by atoms with Crippen LogP contribution in [0.4, 0.5) is 5.69 Å². The second-order valence-electron chi connectivity index (χ2n) is 11.3. The van der Waals surface area contributed by atoms with E-state index in [0.717, 1.165) is 70.5 Å². The van der Waals surface area contributed by atoms with E-state index in [1.807, 2.05) is 12.1 Å². The molecule has 4 atom stereocenters. The number of rotatable bonds is 9. The van der Waals surface area contributed by atoms with Gasteiger partial charge in [-0.25, -0.2) is 0 Å². The largest absolute Gasteiger partial charge is 0.383 e. The molecule has 12 nitrogen and oxygen atoms in total. The van der Waals surface area contributed by atoms with E-state index in [1.54, 1.807) is 18.1 Å². The highest BCUT2D eigenvalue weighted by atomic mass is 16.5. The van der Waals surface area contributed by atoms with E-state index in [2.05, 4.69) is 19.8 Å². The number of Topliss-reactive ketones (excluding diaryl/α,β-unsaturated/α-hetero) is 1. The molecule has 2 N–H and O–H groups in total. The van der Waals surface area contributed by atoms with Gasteiger partial charge in [0.15, 0.2) is 5.78 Å². The first-order valence-electron chi connectivity index (χ1n) is 14.3. The number of benzene rings is 1. The Labute approximate surface area is 234 Å². The summed E-state index contributed by atoms with van der Waals surface area (Å²) < 4.78 is 10.9. The topological polar surface area (TPSA) is 154 Å². The number of ether oxygens (including phenoxy) is 2. The molecule has 3 aliphatic heterocycles. The summed E-state index contributed by atoms with van der Waals surface area (Å²) in [4.78, 5) is 49.1. The van der Waals surface area contributed by atoms with E-state index < -0.39 is 30.0 Å². The van der Waals surface area contributed by atoms with E-state index in [-0.39, 0.29) is 30.8 Å². The summed E-state index contributed by atoms with van der Waals surface area (Å²) in [6.45, 7) is 4.99. The Hall–Kier alpha value is -3.18. The number of azide groups is 1. The standard InChI is InChI=1S/C28H39N7O5/c1-39-14-13-33-9-11-34(12-10-33)19-7-8-20(27(29)37)21(15-19)24(18-5-3-2-4-6-18)28(38)35-16-22(31-32-30)26-25(35)23(36)17-40-26/h7-8,15,18,22,24-26H,2-6,9-14,16-17H2,1H3,(H2,29,37)/t22-,24+,25-,26-/m1/s1. The maximum absolute atomic E-state index is 14.5. The fourth-order valence-electron chi connectivity index (χ4n) is 6.94. The van der Waals surface area contributed by atoms with Gasteiger partial charge in [-0.2, -0.15) is 0 Å². The second kappa shape index (κ2) is 12.6. The molecule has 4 aliphatic rings. The van der Waals surface area contributed by atoms with Gasteiger partial charge in [0.1, 0.15) is 12.6 Å². The number of likely N-dealkylation sites (tertiary alicyclic amines) is 1. The average molecular weight is 554 g/mol. The number of hydrogen-bond acceptors (Lipinski definition) is 8. The maximum Gasteiger partial charge on any atom is 0.249 e. The lowest BCUT2D eigenvalue weighted by molar-refractivity contribution is -0.139. The molecule has 3 saturated heterocycles. The van der Waals surface area contributed by atoms with Gasteiger partial charge in [0.25, 0.3) is 0 Å². The number of carbonyl (C=O) groups is 3. The Morgan fingerprint density at radius 2 is 1.95 bits per heavy atom. The van der Waals surface area contributed by atoms with Gasteiger partial charge in [-0.1, -0.05) is 24.4 Å². The third kappa shape index (κ3) is 5.67. The number of primary amides is 1. The highest BCUT2D eigenvalue weighted by Gasteiger charge is 2.53. The monoisotopic (exact) mass is 553 g/mol. The Kier molecular flexibility index (Phi) is 8.90. The molecule has 5 rings (SSSR count). The highest BCUT2D eigenvalue weighted by molar-refractivity contribution is 5.99.